The van der Waals surface area contributed by atoms with Crippen molar-refractivity contribution in [2.24, 2.45) is 5.92 Å². The number of unbranched alkanes of at least 4 members (excludes halogenated alkanes) is 1. The summed E-state index contributed by atoms with van der Waals surface area (Å²) in [7, 11) is 3.21. The van der Waals surface area contributed by atoms with Crippen LogP contribution in [0.2, 0.25) is 0 Å². The number of urea groups is 1. The van der Waals surface area contributed by atoms with Crippen LogP contribution in [0.3, 0.4) is 0 Å². The first-order valence-corrected chi connectivity index (χ1v) is 9.57. The van der Waals surface area contributed by atoms with E-state index in [0.29, 0.717) is 24.6 Å². The molecule has 0 atom stereocenters. The van der Waals surface area contributed by atoms with Gasteiger partial charge >= 0.3 is 6.03 Å². The zero-order valence-electron chi connectivity index (χ0n) is 16.3. The number of carbonyl (C=O) groups is 1. The molecule has 1 aromatic rings. The molecule has 0 unspecified atom stereocenters. The van der Waals surface area contributed by atoms with Gasteiger partial charge in [0.15, 0.2) is 11.5 Å². The molecule has 26 heavy (non-hydrogen) atoms. The van der Waals surface area contributed by atoms with Gasteiger partial charge in [0, 0.05) is 13.1 Å². The Kier molecular flexibility index (Phi) is 8.54. The quantitative estimate of drug-likeness (QED) is 0.662. The lowest BCUT2D eigenvalue weighted by Crippen LogP contribution is -2.36. The van der Waals surface area contributed by atoms with Crippen LogP contribution in [-0.2, 0) is 6.54 Å². The molecule has 0 aliphatic carbocycles. The molecular formula is C20H33N3O3. The third kappa shape index (κ3) is 6.75. The third-order valence-electron chi connectivity index (χ3n) is 4.96. The van der Waals surface area contributed by atoms with Crippen LogP contribution in [0.4, 0.5) is 4.79 Å². The number of benzene rings is 1. The van der Waals surface area contributed by atoms with Gasteiger partial charge in [0.25, 0.3) is 0 Å². The molecule has 1 fully saturated rings. The van der Waals surface area contributed by atoms with E-state index in [1.54, 1.807) is 14.2 Å². The fourth-order valence-electron chi connectivity index (χ4n) is 3.18. The molecule has 1 aliphatic rings. The molecule has 0 radical (unpaired) electrons. The van der Waals surface area contributed by atoms with Gasteiger partial charge in [0.2, 0.25) is 0 Å². The SMILES string of the molecule is COc1ccc(CNC(=O)NCCCCN2CCC(C)CC2)cc1OC. The Labute approximate surface area is 157 Å². The average Bonchev–Trinajstić information content (AvgIpc) is 2.67. The first-order valence-electron chi connectivity index (χ1n) is 9.57. The van der Waals surface area contributed by atoms with Gasteiger partial charge in [-0.25, -0.2) is 4.79 Å². The topological polar surface area (TPSA) is 62.8 Å². The highest BCUT2D eigenvalue weighted by atomic mass is 16.5. The second-order valence-electron chi connectivity index (χ2n) is 7.03. The average molecular weight is 364 g/mol. The molecule has 2 N–H and O–H groups in total. The van der Waals surface area contributed by atoms with Crippen molar-refractivity contribution in [1.82, 2.24) is 15.5 Å². The maximum atomic E-state index is 11.9. The second kappa shape index (κ2) is 10.9. The lowest BCUT2D eigenvalue weighted by atomic mass is 9.99. The molecule has 0 saturated carbocycles. The number of ether oxygens (including phenoxy) is 2. The van der Waals surface area contributed by atoms with Gasteiger partial charge in [-0.15, -0.1) is 0 Å². The molecule has 2 rings (SSSR count). The molecule has 0 aromatic heterocycles. The number of nitrogens with zero attached hydrogens (tertiary/aromatic N) is 1. The predicted molar refractivity (Wildman–Crippen MR) is 104 cm³/mol. The fourth-order valence-corrected chi connectivity index (χ4v) is 3.18. The van der Waals surface area contributed by atoms with Crippen LogP contribution in [0.25, 0.3) is 0 Å². The third-order valence-corrected chi connectivity index (χ3v) is 4.96. The first kappa shape index (κ1) is 20.4. The fraction of sp³-hybridized carbons (Fsp3) is 0.650. The smallest absolute Gasteiger partial charge is 0.315 e. The van der Waals surface area contributed by atoms with E-state index in [1.807, 2.05) is 18.2 Å². The molecule has 1 aromatic carbocycles. The number of amides is 2. The van der Waals surface area contributed by atoms with E-state index in [-0.39, 0.29) is 6.03 Å². The first-order chi connectivity index (χ1) is 12.6. The molecule has 1 heterocycles. The van der Waals surface area contributed by atoms with Crippen LogP contribution in [0.15, 0.2) is 18.2 Å². The van der Waals surface area contributed by atoms with Crippen molar-refractivity contribution in [3.63, 3.8) is 0 Å². The number of piperidine rings is 1. The monoisotopic (exact) mass is 363 g/mol. The van der Waals surface area contributed by atoms with Gasteiger partial charge in [-0.3, -0.25) is 0 Å². The number of nitrogens with one attached hydrogen (secondary N) is 2. The van der Waals surface area contributed by atoms with Gasteiger partial charge in [0.05, 0.1) is 14.2 Å². The predicted octanol–water partition coefficient (Wildman–Crippen LogP) is 3.02. The molecule has 0 spiro atoms. The van der Waals surface area contributed by atoms with E-state index < -0.39 is 0 Å². The van der Waals surface area contributed by atoms with Crippen molar-refractivity contribution in [3.05, 3.63) is 23.8 Å². The van der Waals surface area contributed by atoms with Crippen molar-refractivity contribution in [1.29, 1.82) is 0 Å². The maximum absolute atomic E-state index is 11.9. The van der Waals surface area contributed by atoms with Crippen LogP contribution >= 0.6 is 0 Å². The Morgan fingerprint density at radius 2 is 1.85 bits per heavy atom. The molecule has 2 amide bonds. The number of hydrogen-bond donors (Lipinski definition) is 2. The lowest BCUT2D eigenvalue weighted by Gasteiger charge is -2.30. The minimum Gasteiger partial charge on any atom is -0.493 e. The van der Waals surface area contributed by atoms with Gasteiger partial charge in [-0.1, -0.05) is 13.0 Å². The normalized spacial score (nSPS) is 15.5. The van der Waals surface area contributed by atoms with Gasteiger partial charge in [-0.05, 0) is 68.9 Å². The molecule has 6 nitrogen and oxygen atoms in total. The molecule has 1 saturated heterocycles. The Balaban J connectivity index is 1.57. The summed E-state index contributed by atoms with van der Waals surface area (Å²) in [6.45, 7) is 7.09. The van der Waals surface area contributed by atoms with Gasteiger partial charge < -0.3 is 25.0 Å². The number of carbonyl (C=O) groups excluding carboxylic acids is 1. The van der Waals surface area contributed by atoms with Crippen molar-refractivity contribution in [3.8, 4) is 11.5 Å². The van der Waals surface area contributed by atoms with Crippen molar-refractivity contribution in [2.45, 2.75) is 39.2 Å². The van der Waals surface area contributed by atoms with E-state index in [0.717, 1.165) is 30.9 Å². The molecular weight excluding hydrogens is 330 g/mol. The summed E-state index contributed by atoms with van der Waals surface area (Å²) in [6, 6.07) is 5.50. The van der Waals surface area contributed by atoms with Crippen LogP contribution < -0.4 is 20.1 Å². The number of hydrogen-bond acceptors (Lipinski definition) is 4. The molecule has 1 aliphatic heterocycles. The summed E-state index contributed by atoms with van der Waals surface area (Å²) >= 11 is 0. The minimum atomic E-state index is -0.133. The Bertz CT molecular complexity index is 557. The van der Waals surface area contributed by atoms with Crippen molar-refractivity contribution in [2.75, 3.05) is 40.4 Å². The minimum absolute atomic E-state index is 0.133. The Hall–Kier alpha value is -1.95. The summed E-state index contributed by atoms with van der Waals surface area (Å²) in [5.74, 6) is 2.23. The maximum Gasteiger partial charge on any atom is 0.315 e. The van der Waals surface area contributed by atoms with E-state index >= 15 is 0 Å². The van der Waals surface area contributed by atoms with Crippen molar-refractivity contribution >= 4 is 6.03 Å². The summed E-state index contributed by atoms with van der Waals surface area (Å²) in [6.07, 6.45) is 4.77. The van der Waals surface area contributed by atoms with Crippen LogP contribution in [0.5, 0.6) is 11.5 Å². The van der Waals surface area contributed by atoms with E-state index in [4.69, 9.17) is 9.47 Å². The highest BCUT2D eigenvalue weighted by Gasteiger charge is 2.14. The van der Waals surface area contributed by atoms with Crippen molar-refractivity contribution < 1.29 is 14.3 Å². The second-order valence-corrected chi connectivity index (χ2v) is 7.03. The van der Waals surface area contributed by atoms with E-state index in [1.165, 1.54) is 25.9 Å². The molecule has 146 valence electrons. The standard InChI is InChI=1S/C20H33N3O3/c1-16-8-12-23(13-9-16)11-5-4-10-21-20(24)22-15-17-6-7-18(25-2)19(14-17)26-3/h6-7,14,16H,4-5,8-13,15H2,1-3H3,(H2,21,22,24). The summed E-state index contributed by atoms with van der Waals surface area (Å²) in [4.78, 5) is 14.4. The Morgan fingerprint density at radius 3 is 2.54 bits per heavy atom. The summed E-state index contributed by atoms with van der Waals surface area (Å²) in [5, 5.41) is 5.80. The van der Waals surface area contributed by atoms with Crippen LogP contribution in [0, 0.1) is 5.92 Å². The van der Waals surface area contributed by atoms with Gasteiger partial charge in [0.1, 0.15) is 0 Å². The lowest BCUT2D eigenvalue weighted by molar-refractivity contribution is 0.189. The van der Waals surface area contributed by atoms with Crippen LogP contribution in [0.1, 0.15) is 38.2 Å². The number of methoxy groups -OCH3 is 2. The zero-order chi connectivity index (χ0) is 18.8. The zero-order valence-corrected chi connectivity index (χ0v) is 16.3. The van der Waals surface area contributed by atoms with Crippen LogP contribution in [-0.4, -0.2) is 51.3 Å². The van der Waals surface area contributed by atoms with Gasteiger partial charge in [-0.2, -0.15) is 0 Å². The number of rotatable bonds is 9. The Morgan fingerprint density at radius 1 is 1.12 bits per heavy atom. The molecule has 0 bridgehead atoms. The highest BCUT2D eigenvalue weighted by Crippen LogP contribution is 2.27. The summed E-state index contributed by atoms with van der Waals surface area (Å²) < 4.78 is 10.5. The molecule has 6 heteroatoms. The van der Waals surface area contributed by atoms with E-state index in [9.17, 15) is 4.79 Å². The summed E-state index contributed by atoms with van der Waals surface area (Å²) in [5.41, 5.74) is 0.970. The number of likely N-dealkylation sites (tertiary alicyclic amines) is 1. The largest absolute Gasteiger partial charge is 0.493 e. The van der Waals surface area contributed by atoms with E-state index in [2.05, 4.69) is 22.5 Å². The highest BCUT2D eigenvalue weighted by molar-refractivity contribution is 5.73.